The Hall–Kier alpha value is -3.01. The molecule has 0 saturated heterocycles. The topological polar surface area (TPSA) is 86.8 Å². The lowest BCUT2D eigenvalue weighted by Crippen LogP contribution is -2.52. The van der Waals surface area contributed by atoms with Crippen molar-refractivity contribution in [3.8, 4) is 0 Å². The second-order valence-corrected chi connectivity index (χ2v) is 11.4. The molecule has 1 atom stereocenters. The van der Waals surface area contributed by atoms with Crippen LogP contribution in [-0.2, 0) is 26.2 Å². The third-order valence-corrected chi connectivity index (χ3v) is 6.38. The van der Waals surface area contributed by atoms with Crippen LogP contribution < -0.4 is 9.62 Å². The van der Waals surface area contributed by atoms with Crippen LogP contribution in [0.2, 0.25) is 0 Å². The van der Waals surface area contributed by atoms with E-state index < -0.39 is 33.2 Å². The van der Waals surface area contributed by atoms with Gasteiger partial charge in [0.05, 0.1) is 11.9 Å². The highest BCUT2D eigenvalue weighted by molar-refractivity contribution is 7.92. The summed E-state index contributed by atoms with van der Waals surface area (Å²) in [5.74, 6) is -1.83. The molecule has 0 aliphatic carbocycles. The minimum absolute atomic E-state index is 0.0704. The van der Waals surface area contributed by atoms with Gasteiger partial charge in [0.1, 0.15) is 17.7 Å². The molecule has 2 aromatic rings. The molecule has 1 N–H and O–H groups in total. The zero-order valence-electron chi connectivity index (χ0n) is 20.7. The number of halogens is 2. The summed E-state index contributed by atoms with van der Waals surface area (Å²) in [5, 5.41) is 2.85. The summed E-state index contributed by atoms with van der Waals surface area (Å²) in [6, 6.07) is 10.3. The van der Waals surface area contributed by atoms with Crippen molar-refractivity contribution in [2.24, 2.45) is 0 Å². The van der Waals surface area contributed by atoms with Gasteiger partial charge in [-0.3, -0.25) is 13.9 Å². The van der Waals surface area contributed by atoms with E-state index in [1.54, 1.807) is 6.92 Å². The summed E-state index contributed by atoms with van der Waals surface area (Å²) in [6.07, 6.45) is 1.00. The first-order valence-corrected chi connectivity index (χ1v) is 13.1. The molecule has 7 nitrogen and oxygen atoms in total. The minimum Gasteiger partial charge on any atom is -0.350 e. The molecule has 2 amide bonds. The highest BCUT2D eigenvalue weighted by Crippen LogP contribution is 2.22. The lowest BCUT2D eigenvalue weighted by Gasteiger charge is -2.32. The number of benzene rings is 2. The molecule has 0 fully saturated rings. The van der Waals surface area contributed by atoms with E-state index in [1.165, 1.54) is 53.4 Å². The van der Waals surface area contributed by atoms with E-state index in [9.17, 15) is 26.8 Å². The number of rotatable bonds is 10. The molecule has 1 unspecified atom stereocenters. The Bertz CT molecular complexity index is 1130. The van der Waals surface area contributed by atoms with Gasteiger partial charge in [0.25, 0.3) is 0 Å². The first-order chi connectivity index (χ1) is 16.2. The highest BCUT2D eigenvalue weighted by Gasteiger charge is 2.29. The van der Waals surface area contributed by atoms with Gasteiger partial charge in [-0.2, -0.15) is 0 Å². The van der Waals surface area contributed by atoms with Crippen molar-refractivity contribution in [1.29, 1.82) is 0 Å². The zero-order chi connectivity index (χ0) is 26.4. The van der Waals surface area contributed by atoms with E-state index in [1.807, 2.05) is 20.8 Å². The molecule has 2 aromatic carbocycles. The number of anilines is 1. The number of hydrogen-bond donors (Lipinski definition) is 1. The summed E-state index contributed by atoms with van der Waals surface area (Å²) in [4.78, 5) is 27.4. The van der Waals surface area contributed by atoms with Crippen molar-refractivity contribution in [3.63, 3.8) is 0 Å². The number of sulfonamides is 1. The first kappa shape index (κ1) is 28.2. The van der Waals surface area contributed by atoms with Gasteiger partial charge in [-0.1, -0.05) is 24.3 Å². The van der Waals surface area contributed by atoms with Crippen LogP contribution in [0.4, 0.5) is 14.5 Å². The summed E-state index contributed by atoms with van der Waals surface area (Å²) in [6.45, 7) is 7.04. The molecule has 0 radical (unpaired) electrons. The number of carbonyl (C=O) groups is 2. The van der Waals surface area contributed by atoms with Gasteiger partial charge in [0, 0.05) is 25.0 Å². The molecule has 0 saturated carbocycles. The average Bonchev–Trinajstić information content (AvgIpc) is 2.74. The Morgan fingerprint density at radius 3 is 2.17 bits per heavy atom. The van der Waals surface area contributed by atoms with E-state index in [0.717, 1.165) is 10.6 Å². The van der Waals surface area contributed by atoms with Crippen LogP contribution in [0.3, 0.4) is 0 Å². The molecule has 0 aromatic heterocycles. The van der Waals surface area contributed by atoms with Gasteiger partial charge in [0.2, 0.25) is 21.8 Å². The number of amides is 2. The predicted octanol–water partition coefficient (Wildman–Crippen LogP) is 3.84. The van der Waals surface area contributed by atoms with Crippen LogP contribution >= 0.6 is 0 Å². The van der Waals surface area contributed by atoms with Crippen LogP contribution in [0.25, 0.3) is 0 Å². The van der Waals surface area contributed by atoms with Crippen molar-refractivity contribution < 1.29 is 26.8 Å². The quantitative estimate of drug-likeness (QED) is 0.527. The third kappa shape index (κ3) is 8.61. The maximum absolute atomic E-state index is 14.2. The summed E-state index contributed by atoms with van der Waals surface area (Å²) in [5.41, 5.74) is 0.0360. The van der Waals surface area contributed by atoms with Crippen LogP contribution in [0.1, 0.15) is 46.1 Å². The predicted molar refractivity (Wildman–Crippen MR) is 132 cm³/mol. The van der Waals surface area contributed by atoms with Crippen molar-refractivity contribution >= 4 is 27.5 Å². The van der Waals surface area contributed by atoms with Gasteiger partial charge in [-0.05, 0) is 63.9 Å². The second-order valence-electron chi connectivity index (χ2n) is 9.45. The van der Waals surface area contributed by atoms with Crippen molar-refractivity contribution in [2.75, 3.05) is 17.1 Å². The fourth-order valence-electron chi connectivity index (χ4n) is 3.48. The van der Waals surface area contributed by atoms with E-state index in [0.29, 0.717) is 5.56 Å². The van der Waals surface area contributed by atoms with Crippen LogP contribution in [0, 0.1) is 11.6 Å². The zero-order valence-corrected chi connectivity index (χ0v) is 21.5. The first-order valence-electron chi connectivity index (χ1n) is 11.3. The number of carbonyl (C=O) groups excluding carboxylic acids is 2. The molecule has 0 heterocycles. The molecule has 2 rings (SSSR count). The number of nitrogens with zero attached hydrogens (tertiary/aromatic N) is 2. The van der Waals surface area contributed by atoms with Crippen LogP contribution in [-0.4, -0.2) is 49.5 Å². The third-order valence-electron chi connectivity index (χ3n) is 5.20. The molecule has 10 heteroatoms. The maximum Gasteiger partial charge on any atom is 0.242 e. The fraction of sp³-hybridized carbons (Fsp3) is 0.440. The second kappa shape index (κ2) is 11.6. The molecule has 35 heavy (non-hydrogen) atoms. The van der Waals surface area contributed by atoms with E-state index in [-0.39, 0.29) is 43.4 Å². The molecular weight excluding hydrogens is 476 g/mol. The van der Waals surface area contributed by atoms with E-state index >= 15 is 0 Å². The van der Waals surface area contributed by atoms with Crippen molar-refractivity contribution in [2.45, 2.75) is 58.7 Å². The van der Waals surface area contributed by atoms with Crippen LogP contribution in [0.5, 0.6) is 0 Å². The summed E-state index contributed by atoms with van der Waals surface area (Å²) < 4.78 is 53.0. The minimum atomic E-state index is -3.79. The maximum atomic E-state index is 14.2. The molecular formula is C25H33F2N3O4S. The molecule has 0 aliphatic rings. The van der Waals surface area contributed by atoms with Gasteiger partial charge in [-0.15, -0.1) is 0 Å². The smallest absolute Gasteiger partial charge is 0.242 e. The standard InChI is InChI=1S/C25H33F2N3O4S/c1-18(24(32)28-25(2,3)4)29(17-19-12-14-20(26)15-13-19)23(31)11-8-16-30(35(5,33)34)22-10-7-6-9-21(22)27/h6-7,9-10,12-15,18H,8,11,16-17H2,1-5H3,(H,28,32). The average molecular weight is 510 g/mol. The normalized spacial score (nSPS) is 12.7. The lowest BCUT2D eigenvalue weighted by atomic mass is 10.1. The van der Waals surface area contributed by atoms with Crippen LogP contribution in [0.15, 0.2) is 48.5 Å². The SMILES string of the molecule is CC(C(=O)NC(C)(C)C)N(Cc1ccc(F)cc1)C(=O)CCCN(c1ccccc1F)S(C)(=O)=O. The summed E-state index contributed by atoms with van der Waals surface area (Å²) >= 11 is 0. The Labute approximate surface area is 206 Å². The lowest BCUT2D eigenvalue weighted by molar-refractivity contribution is -0.141. The van der Waals surface area contributed by atoms with Gasteiger partial charge in [-0.25, -0.2) is 17.2 Å². The largest absolute Gasteiger partial charge is 0.350 e. The molecule has 0 spiro atoms. The van der Waals surface area contributed by atoms with Gasteiger partial charge >= 0.3 is 0 Å². The Morgan fingerprint density at radius 1 is 1.03 bits per heavy atom. The van der Waals surface area contributed by atoms with E-state index in [4.69, 9.17) is 0 Å². The van der Waals surface area contributed by atoms with Crippen molar-refractivity contribution in [3.05, 3.63) is 65.7 Å². The molecule has 0 bridgehead atoms. The number of nitrogens with one attached hydrogen (secondary N) is 1. The van der Waals surface area contributed by atoms with E-state index in [2.05, 4.69) is 5.32 Å². The fourth-order valence-corrected chi connectivity index (χ4v) is 4.45. The number of para-hydroxylation sites is 1. The Kier molecular flexibility index (Phi) is 9.37. The molecule has 0 aliphatic heterocycles. The van der Waals surface area contributed by atoms with Crippen molar-refractivity contribution in [1.82, 2.24) is 10.2 Å². The van der Waals surface area contributed by atoms with Gasteiger partial charge in [0.15, 0.2) is 0 Å². The molecule has 192 valence electrons. The highest BCUT2D eigenvalue weighted by atomic mass is 32.2. The Morgan fingerprint density at radius 2 is 1.63 bits per heavy atom. The van der Waals surface area contributed by atoms with Gasteiger partial charge < -0.3 is 10.2 Å². The summed E-state index contributed by atoms with van der Waals surface area (Å²) in [7, 11) is -3.79. The number of hydrogen-bond acceptors (Lipinski definition) is 4. The monoisotopic (exact) mass is 509 g/mol. The Balaban J connectivity index is 2.19.